The Kier molecular flexibility index (Phi) is 9.62. The summed E-state index contributed by atoms with van der Waals surface area (Å²) in [5, 5.41) is 5.02. The SMILES string of the molecule is CCOc1cc(/C=N\NC(=O)Cc2ccc(Br)cc2)cc(Br)c1OCc1ccc(Cl)c(Cl)c1. The van der Waals surface area contributed by atoms with E-state index in [4.69, 9.17) is 32.7 Å². The van der Waals surface area contributed by atoms with Crippen LogP contribution in [0, 0.1) is 0 Å². The Morgan fingerprint density at radius 1 is 1.00 bits per heavy atom. The highest BCUT2D eigenvalue weighted by Gasteiger charge is 2.13. The van der Waals surface area contributed by atoms with Gasteiger partial charge in [-0.2, -0.15) is 5.10 Å². The zero-order valence-corrected chi connectivity index (χ0v) is 22.3. The van der Waals surface area contributed by atoms with Crippen LogP contribution in [-0.2, 0) is 17.8 Å². The predicted molar refractivity (Wildman–Crippen MR) is 140 cm³/mol. The molecule has 0 aliphatic heterocycles. The van der Waals surface area contributed by atoms with Gasteiger partial charge in [0, 0.05) is 4.47 Å². The number of carbonyl (C=O) groups excluding carboxylic acids is 1. The highest BCUT2D eigenvalue weighted by atomic mass is 79.9. The number of ether oxygens (including phenoxy) is 2. The summed E-state index contributed by atoms with van der Waals surface area (Å²) in [6.07, 6.45) is 1.79. The first-order chi connectivity index (χ1) is 15.9. The van der Waals surface area contributed by atoms with Gasteiger partial charge >= 0.3 is 0 Å². The molecule has 0 saturated heterocycles. The van der Waals surface area contributed by atoms with Gasteiger partial charge in [0.05, 0.1) is 33.8 Å². The molecule has 0 unspecified atom stereocenters. The molecule has 0 saturated carbocycles. The van der Waals surface area contributed by atoms with Crippen LogP contribution in [0.2, 0.25) is 10.0 Å². The van der Waals surface area contributed by atoms with Crippen LogP contribution in [0.3, 0.4) is 0 Å². The van der Waals surface area contributed by atoms with Gasteiger partial charge in [0.1, 0.15) is 6.61 Å². The van der Waals surface area contributed by atoms with E-state index >= 15 is 0 Å². The van der Waals surface area contributed by atoms with E-state index in [0.717, 1.165) is 21.2 Å². The third-order valence-electron chi connectivity index (χ3n) is 4.38. The molecule has 172 valence electrons. The van der Waals surface area contributed by atoms with Crippen LogP contribution in [0.25, 0.3) is 0 Å². The number of rotatable bonds is 9. The van der Waals surface area contributed by atoms with Crippen LogP contribution >= 0.6 is 55.1 Å². The highest BCUT2D eigenvalue weighted by molar-refractivity contribution is 9.10. The fourth-order valence-electron chi connectivity index (χ4n) is 2.86. The average molecular weight is 615 g/mol. The first-order valence-electron chi connectivity index (χ1n) is 9.95. The summed E-state index contributed by atoms with van der Waals surface area (Å²) in [5.74, 6) is 0.896. The smallest absolute Gasteiger partial charge is 0.244 e. The van der Waals surface area contributed by atoms with Crippen molar-refractivity contribution in [1.29, 1.82) is 0 Å². The van der Waals surface area contributed by atoms with Crippen molar-refractivity contribution < 1.29 is 14.3 Å². The summed E-state index contributed by atoms with van der Waals surface area (Å²) >= 11 is 19.0. The Hall–Kier alpha value is -2.06. The van der Waals surface area contributed by atoms with Crippen molar-refractivity contribution in [2.24, 2.45) is 5.10 Å². The number of nitrogens with one attached hydrogen (secondary N) is 1. The summed E-state index contributed by atoms with van der Waals surface area (Å²) in [7, 11) is 0. The van der Waals surface area contributed by atoms with E-state index in [1.54, 1.807) is 24.4 Å². The van der Waals surface area contributed by atoms with E-state index in [-0.39, 0.29) is 18.9 Å². The standard InChI is InChI=1S/C24H20Br2Cl2N2O3/c1-2-32-22-11-17(13-29-30-23(31)12-15-3-6-18(25)7-4-15)9-19(26)24(22)33-14-16-5-8-20(27)21(28)10-16/h3-11,13H,2,12,14H2,1H3,(H,30,31)/b29-13-. The molecule has 1 N–H and O–H groups in total. The van der Waals surface area contributed by atoms with Crippen molar-refractivity contribution in [1.82, 2.24) is 5.43 Å². The van der Waals surface area contributed by atoms with Gasteiger partial charge in [-0.05, 0) is 75.9 Å². The van der Waals surface area contributed by atoms with Gasteiger partial charge in [-0.25, -0.2) is 5.43 Å². The molecule has 9 heteroatoms. The molecule has 1 amide bonds. The second-order valence-electron chi connectivity index (χ2n) is 6.90. The second kappa shape index (κ2) is 12.4. The number of amides is 1. The van der Waals surface area contributed by atoms with Crippen LogP contribution < -0.4 is 14.9 Å². The van der Waals surface area contributed by atoms with Gasteiger partial charge in [0.15, 0.2) is 11.5 Å². The second-order valence-corrected chi connectivity index (χ2v) is 9.48. The molecule has 0 aliphatic carbocycles. The van der Waals surface area contributed by atoms with Crippen molar-refractivity contribution in [3.05, 3.63) is 90.3 Å². The third-order valence-corrected chi connectivity index (χ3v) is 6.24. The van der Waals surface area contributed by atoms with Crippen LogP contribution in [0.4, 0.5) is 0 Å². The quantitative estimate of drug-likeness (QED) is 0.205. The monoisotopic (exact) mass is 612 g/mol. The van der Waals surface area contributed by atoms with Gasteiger partial charge in [-0.15, -0.1) is 0 Å². The molecule has 0 bridgehead atoms. The molecule has 0 radical (unpaired) electrons. The average Bonchev–Trinajstić information content (AvgIpc) is 2.77. The Balaban J connectivity index is 1.66. The van der Waals surface area contributed by atoms with Gasteiger partial charge in [0.25, 0.3) is 0 Å². The van der Waals surface area contributed by atoms with E-state index in [0.29, 0.717) is 32.6 Å². The van der Waals surface area contributed by atoms with Crippen molar-refractivity contribution in [3.8, 4) is 11.5 Å². The normalized spacial score (nSPS) is 10.9. The molecule has 0 atom stereocenters. The molecule has 33 heavy (non-hydrogen) atoms. The first kappa shape index (κ1) is 25.6. The number of hydrazone groups is 1. The van der Waals surface area contributed by atoms with Gasteiger partial charge < -0.3 is 9.47 Å². The summed E-state index contributed by atoms with van der Waals surface area (Å²) in [6.45, 7) is 2.63. The molecule has 0 aliphatic rings. The zero-order valence-electron chi connectivity index (χ0n) is 17.6. The fourth-order valence-corrected chi connectivity index (χ4v) is 4.02. The minimum Gasteiger partial charge on any atom is -0.490 e. The molecule has 0 spiro atoms. The molecule has 0 aromatic heterocycles. The maximum absolute atomic E-state index is 12.1. The Morgan fingerprint density at radius 2 is 1.73 bits per heavy atom. The number of hydrogen-bond acceptors (Lipinski definition) is 4. The van der Waals surface area contributed by atoms with Gasteiger partial charge in [0.2, 0.25) is 5.91 Å². The molecule has 3 aromatic rings. The molecular weight excluding hydrogens is 595 g/mol. The predicted octanol–water partition coefficient (Wildman–Crippen LogP) is 7.19. The fraction of sp³-hybridized carbons (Fsp3) is 0.167. The lowest BCUT2D eigenvalue weighted by Crippen LogP contribution is -2.19. The summed E-state index contributed by atoms with van der Waals surface area (Å²) in [5.41, 5.74) is 5.05. The third kappa shape index (κ3) is 7.74. The van der Waals surface area contributed by atoms with E-state index in [2.05, 4.69) is 42.4 Å². The van der Waals surface area contributed by atoms with Crippen molar-refractivity contribution >= 4 is 67.2 Å². The Labute approximate surface area is 219 Å². The molecule has 3 rings (SSSR count). The van der Waals surface area contributed by atoms with Gasteiger partial charge in [-0.3, -0.25) is 4.79 Å². The van der Waals surface area contributed by atoms with E-state index < -0.39 is 0 Å². The van der Waals surface area contributed by atoms with E-state index in [9.17, 15) is 4.79 Å². The zero-order chi connectivity index (χ0) is 23.8. The number of benzene rings is 3. The van der Waals surface area contributed by atoms with Crippen molar-refractivity contribution in [3.63, 3.8) is 0 Å². The molecule has 3 aromatic carbocycles. The molecular formula is C24H20Br2Cl2N2O3. The van der Waals surface area contributed by atoms with E-state index in [1.807, 2.05) is 43.3 Å². The van der Waals surface area contributed by atoms with Crippen LogP contribution in [-0.4, -0.2) is 18.7 Å². The van der Waals surface area contributed by atoms with Crippen LogP contribution in [0.5, 0.6) is 11.5 Å². The number of hydrogen-bond donors (Lipinski definition) is 1. The lowest BCUT2D eigenvalue weighted by Gasteiger charge is -2.15. The summed E-state index contributed by atoms with van der Waals surface area (Å²) < 4.78 is 13.4. The van der Waals surface area contributed by atoms with Crippen LogP contribution in [0.1, 0.15) is 23.6 Å². The highest BCUT2D eigenvalue weighted by Crippen LogP contribution is 2.37. The summed E-state index contributed by atoms with van der Waals surface area (Å²) in [4.78, 5) is 12.1. The van der Waals surface area contributed by atoms with Crippen molar-refractivity contribution in [2.75, 3.05) is 6.61 Å². The minimum atomic E-state index is -0.209. The maximum atomic E-state index is 12.1. The number of halogens is 4. The molecule has 0 fully saturated rings. The first-order valence-corrected chi connectivity index (χ1v) is 12.3. The van der Waals surface area contributed by atoms with Crippen molar-refractivity contribution in [2.45, 2.75) is 20.0 Å². The number of nitrogens with zero attached hydrogens (tertiary/aromatic N) is 1. The Morgan fingerprint density at radius 3 is 2.42 bits per heavy atom. The lowest BCUT2D eigenvalue weighted by molar-refractivity contribution is -0.120. The van der Waals surface area contributed by atoms with Gasteiger partial charge in [-0.1, -0.05) is 57.3 Å². The molecule has 0 heterocycles. The number of carbonyl (C=O) groups is 1. The maximum Gasteiger partial charge on any atom is 0.244 e. The van der Waals surface area contributed by atoms with Crippen LogP contribution in [0.15, 0.2) is 68.6 Å². The summed E-state index contributed by atoms with van der Waals surface area (Å²) in [6, 6.07) is 16.5. The lowest BCUT2D eigenvalue weighted by atomic mass is 10.1. The Bertz CT molecular complexity index is 1160. The molecule has 5 nitrogen and oxygen atoms in total. The largest absolute Gasteiger partial charge is 0.490 e. The minimum absolute atomic E-state index is 0.209. The van der Waals surface area contributed by atoms with E-state index in [1.165, 1.54) is 0 Å². The topological polar surface area (TPSA) is 59.9 Å².